The van der Waals surface area contributed by atoms with Gasteiger partial charge in [-0.1, -0.05) is 48.5 Å². The molecule has 3 aromatic carbocycles. The van der Waals surface area contributed by atoms with Crippen LogP contribution in [-0.4, -0.2) is 52.8 Å². The van der Waals surface area contributed by atoms with Crippen molar-refractivity contribution >= 4 is 63.4 Å². The maximum atomic E-state index is 14.0. The van der Waals surface area contributed by atoms with E-state index in [0.717, 1.165) is 16.0 Å². The number of carbonyl (C=O) groups is 5. The van der Waals surface area contributed by atoms with Crippen LogP contribution in [0.1, 0.15) is 66.2 Å². The highest BCUT2D eigenvalue weighted by Gasteiger charge is 2.32. The van der Waals surface area contributed by atoms with Crippen molar-refractivity contribution < 1.29 is 33.8 Å². The lowest BCUT2D eigenvalue weighted by Gasteiger charge is -2.25. The lowest BCUT2D eigenvalue weighted by Crippen LogP contribution is -2.34. The lowest BCUT2D eigenvalue weighted by atomic mass is 10.0. The molecule has 0 saturated carbocycles. The Hall–Kier alpha value is -4.94. The molecule has 1 aliphatic rings. The van der Waals surface area contributed by atoms with Crippen molar-refractivity contribution in [2.75, 3.05) is 23.8 Å². The number of nitrogens with one attached hydrogen (secondary N) is 2. The summed E-state index contributed by atoms with van der Waals surface area (Å²) in [6.45, 7) is 4.22. The third-order valence-corrected chi connectivity index (χ3v) is 9.69. The van der Waals surface area contributed by atoms with Gasteiger partial charge in [0.2, 0.25) is 11.8 Å². The minimum atomic E-state index is -1.21. The number of fused-ring (bicyclic) bond motifs is 1. The molecular formula is C34H31N3O7S2. The summed E-state index contributed by atoms with van der Waals surface area (Å²) in [6.07, 6.45) is 0.474. The van der Waals surface area contributed by atoms with Crippen LogP contribution >= 0.6 is 23.1 Å². The minimum absolute atomic E-state index is 0.0251. The Morgan fingerprint density at radius 1 is 0.957 bits per heavy atom. The number of benzene rings is 3. The first kappa shape index (κ1) is 32.5. The van der Waals surface area contributed by atoms with E-state index < -0.39 is 23.1 Å². The quantitative estimate of drug-likeness (QED) is 0.134. The number of amides is 3. The number of rotatable bonds is 10. The van der Waals surface area contributed by atoms with Gasteiger partial charge < -0.3 is 25.4 Å². The third-order valence-electron chi connectivity index (χ3n) is 7.31. The number of carbonyl (C=O) groups excluding carboxylic acids is 4. The van der Waals surface area contributed by atoms with E-state index in [-0.39, 0.29) is 29.5 Å². The molecule has 0 saturated heterocycles. The lowest BCUT2D eigenvalue weighted by molar-refractivity contribution is -0.129. The van der Waals surface area contributed by atoms with Crippen LogP contribution in [0.15, 0.2) is 83.8 Å². The van der Waals surface area contributed by atoms with E-state index in [1.807, 2.05) is 30.3 Å². The first-order chi connectivity index (χ1) is 22.2. The number of thiophene rings is 1. The van der Waals surface area contributed by atoms with Crippen molar-refractivity contribution in [3.63, 3.8) is 0 Å². The predicted molar refractivity (Wildman–Crippen MR) is 177 cm³/mol. The van der Waals surface area contributed by atoms with E-state index in [0.29, 0.717) is 40.7 Å². The van der Waals surface area contributed by atoms with E-state index in [2.05, 4.69) is 10.6 Å². The molecule has 5 rings (SSSR count). The molecule has 10 nitrogen and oxygen atoms in total. The standard InChI is InChI=1S/C34H31N3O7S2/c1-3-44-34(43)28-26-16-17-37(20(2)38)19-27(26)46-32(28)36-31(40)29(21-10-5-4-6-11-21)45-23-13-9-12-22(18-23)35-30(39)24-14-7-8-15-25(24)33(41)42/h4-15,18,29H,3,16-17,19H2,1-2H3,(H,35,39)(H,36,40)(H,41,42). The Bertz CT molecular complexity index is 1810. The molecule has 0 bridgehead atoms. The van der Waals surface area contributed by atoms with Gasteiger partial charge in [-0.2, -0.15) is 0 Å². The zero-order valence-corrected chi connectivity index (χ0v) is 26.7. The van der Waals surface area contributed by atoms with Gasteiger partial charge >= 0.3 is 11.9 Å². The van der Waals surface area contributed by atoms with E-state index in [4.69, 9.17) is 4.74 Å². The number of anilines is 2. The van der Waals surface area contributed by atoms with Gasteiger partial charge in [0.1, 0.15) is 10.3 Å². The monoisotopic (exact) mass is 657 g/mol. The van der Waals surface area contributed by atoms with Crippen molar-refractivity contribution in [3.05, 3.63) is 112 Å². The van der Waals surface area contributed by atoms with E-state index in [9.17, 15) is 29.1 Å². The maximum Gasteiger partial charge on any atom is 0.341 e. The third kappa shape index (κ3) is 7.30. The smallest absolute Gasteiger partial charge is 0.341 e. The molecule has 46 heavy (non-hydrogen) atoms. The Kier molecular flexibility index (Phi) is 10.2. The van der Waals surface area contributed by atoms with E-state index in [1.54, 1.807) is 48.2 Å². The van der Waals surface area contributed by atoms with Crippen LogP contribution in [0.25, 0.3) is 0 Å². The Labute approximate surface area is 273 Å². The van der Waals surface area contributed by atoms with E-state index in [1.165, 1.54) is 42.2 Å². The fraction of sp³-hybridized carbons (Fsp3) is 0.206. The number of carboxylic acids is 1. The zero-order chi connectivity index (χ0) is 32.8. The second kappa shape index (κ2) is 14.4. The predicted octanol–water partition coefficient (Wildman–Crippen LogP) is 6.25. The molecule has 0 spiro atoms. The second-order valence-electron chi connectivity index (χ2n) is 10.3. The van der Waals surface area contributed by atoms with Crippen LogP contribution < -0.4 is 10.6 Å². The average Bonchev–Trinajstić information content (AvgIpc) is 3.41. The molecule has 0 aliphatic carbocycles. The first-order valence-corrected chi connectivity index (χ1v) is 16.2. The topological polar surface area (TPSA) is 142 Å². The highest BCUT2D eigenvalue weighted by atomic mass is 32.2. The number of hydrogen-bond acceptors (Lipinski definition) is 8. The fourth-order valence-electron chi connectivity index (χ4n) is 5.11. The first-order valence-electron chi connectivity index (χ1n) is 14.5. The SMILES string of the molecule is CCOC(=O)c1c(NC(=O)C(Sc2cccc(NC(=O)c3ccccc3C(=O)O)c2)c2ccccc2)sc2c1CCN(C(C)=O)C2. The van der Waals surface area contributed by atoms with Gasteiger partial charge in [0, 0.05) is 28.9 Å². The Morgan fingerprint density at radius 2 is 1.67 bits per heavy atom. The summed E-state index contributed by atoms with van der Waals surface area (Å²) in [4.78, 5) is 67.0. The number of nitrogens with zero attached hydrogens (tertiary/aromatic N) is 1. The number of carboxylic acid groups (broad SMARTS) is 1. The Morgan fingerprint density at radius 3 is 2.37 bits per heavy atom. The molecule has 12 heteroatoms. The molecule has 3 N–H and O–H groups in total. The van der Waals surface area contributed by atoms with Crippen LogP contribution in [-0.2, 0) is 27.3 Å². The molecule has 1 unspecified atom stereocenters. The van der Waals surface area contributed by atoms with Gasteiger partial charge in [-0.05, 0) is 54.8 Å². The van der Waals surface area contributed by atoms with Crippen LogP contribution in [0.3, 0.4) is 0 Å². The van der Waals surface area contributed by atoms with Crippen LogP contribution in [0.5, 0.6) is 0 Å². The van der Waals surface area contributed by atoms with Crippen molar-refractivity contribution in [1.29, 1.82) is 0 Å². The molecule has 1 aliphatic heterocycles. The molecular weight excluding hydrogens is 627 g/mol. The van der Waals surface area contributed by atoms with Crippen LogP contribution in [0.2, 0.25) is 0 Å². The van der Waals surface area contributed by atoms with Crippen molar-refractivity contribution in [2.45, 2.75) is 37.0 Å². The normalized spacial score (nSPS) is 12.9. The molecule has 0 fully saturated rings. The fourth-order valence-corrected chi connectivity index (χ4v) is 7.44. The highest BCUT2D eigenvalue weighted by molar-refractivity contribution is 8.00. The molecule has 236 valence electrons. The molecule has 1 atom stereocenters. The molecule has 0 radical (unpaired) electrons. The van der Waals surface area contributed by atoms with Crippen molar-refractivity contribution in [3.8, 4) is 0 Å². The number of aromatic carboxylic acids is 1. The number of ether oxygens (including phenoxy) is 1. The number of hydrogen-bond donors (Lipinski definition) is 3. The minimum Gasteiger partial charge on any atom is -0.478 e. The summed E-state index contributed by atoms with van der Waals surface area (Å²) >= 11 is 2.53. The van der Waals surface area contributed by atoms with Gasteiger partial charge in [0.15, 0.2) is 0 Å². The number of thioether (sulfide) groups is 1. The van der Waals surface area contributed by atoms with Gasteiger partial charge in [-0.25, -0.2) is 9.59 Å². The molecule has 4 aromatic rings. The second-order valence-corrected chi connectivity index (χ2v) is 12.6. The summed E-state index contributed by atoms with van der Waals surface area (Å²) in [6, 6.07) is 22.0. The van der Waals surface area contributed by atoms with Gasteiger partial charge in [0.05, 0.1) is 29.8 Å². The van der Waals surface area contributed by atoms with Crippen molar-refractivity contribution in [2.24, 2.45) is 0 Å². The van der Waals surface area contributed by atoms with Crippen molar-refractivity contribution in [1.82, 2.24) is 4.90 Å². The van der Waals surface area contributed by atoms with Gasteiger partial charge in [0.25, 0.3) is 5.91 Å². The summed E-state index contributed by atoms with van der Waals surface area (Å²) in [5, 5.41) is 14.8. The van der Waals surface area contributed by atoms with Crippen LogP contribution in [0.4, 0.5) is 10.7 Å². The summed E-state index contributed by atoms with van der Waals surface area (Å²) in [5.41, 5.74) is 2.16. The van der Waals surface area contributed by atoms with Gasteiger partial charge in [-0.3, -0.25) is 14.4 Å². The Balaban J connectivity index is 1.42. The zero-order valence-electron chi connectivity index (χ0n) is 25.1. The average molecular weight is 658 g/mol. The summed E-state index contributed by atoms with van der Waals surface area (Å²) in [5.74, 6) is -2.74. The molecule has 3 amide bonds. The van der Waals surface area contributed by atoms with E-state index >= 15 is 0 Å². The van der Waals surface area contributed by atoms with Gasteiger partial charge in [-0.15, -0.1) is 23.1 Å². The highest BCUT2D eigenvalue weighted by Crippen LogP contribution is 2.41. The number of esters is 1. The molecule has 1 aromatic heterocycles. The molecule has 2 heterocycles. The summed E-state index contributed by atoms with van der Waals surface area (Å²) < 4.78 is 5.35. The maximum absolute atomic E-state index is 14.0. The van der Waals surface area contributed by atoms with Crippen LogP contribution in [0, 0.1) is 0 Å². The largest absolute Gasteiger partial charge is 0.478 e. The summed E-state index contributed by atoms with van der Waals surface area (Å²) in [7, 11) is 0.